The first-order valence-corrected chi connectivity index (χ1v) is 13.4. The Morgan fingerprint density at radius 2 is 1.76 bits per heavy atom. The number of aryl methyl sites for hydroxylation is 1. The number of amides is 1. The summed E-state index contributed by atoms with van der Waals surface area (Å²) in [5.74, 6) is -1.10. The van der Waals surface area contributed by atoms with E-state index in [1.54, 1.807) is 0 Å². The van der Waals surface area contributed by atoms with Crippen LogP contribution >= 0.6 is 0 Å². The Bertz CT molecular complexity index is 1120. The summed E-state index contributed by atoms with van der Waals surface area (Å²) in [6.07, 6.45) is 1.22. The third-order valence-corrected chi connectivity index (χ3v) is 8.71. The molecule has 2 aromatic rings. The molecule has 0 unspecified atom stereocenters. The van der Waals surface area contributed by atoms with E-state index in [9.17, 15) is 17.6 Å². The van der Waals surface area contributed by atoms with Gasteiger partial charge in [0.15, 0.2) is 0 Å². The molecule has 2 heterocycles. The number of carbonyl (C=O) groups is 1. The number of piperazine rings is 1. The Balaban J connectivity index is 1.39. The van der Waals surface area contributed by atoms with E-state index >= 15 is 0 Å². The maximum absolute atomic E-state index is 13.2. The van der Waals surface area contributed by atoms with Crippen LogP contribution in [0.4, 0.5) is 15.8 Å². The fourth-order valence-electron chi connectivity index (χ4n) is 4.77. The minimum absolute atomic E-state index is 0.0425. The minimum atomic E-state index is -3.77. The summed E-state index contributed by atoms with van der Waals surface area (Å²) in [6, 6.07) is 10.8. The molecule has 2 aliphatic rings. The molecular weight excluding hydrogens is 455 g/mol. The van der Waals surface area contributed by atoms with Crippen LogP contribution in [0.5, 0.6) is 0 Å². The summed E-state index contributed by atoms with van der Waals surface area (Å²) in [7, 11) is -3.77. The van der Waals surface area contributed by atoms with Gasteiger partial charge in [0.1, 0.15) is 5.82 Å². The van der Waals surface area contributed by atoms with Crippen molar-refractivity contribution in [1.29, 1.82) is 0 Å². The van der Waals surface area contributed by atoms with Crippen molar-refractivity contribution in [3.8, 4) is 0 Å². The number of hydrogen-bond acceptors (Lipinski definition) is 5. The van der Waals surface area contributed by atoms with Crippen molar-refractivity contribution in [2.75, 3.05) is 56.0 Å². The molecule has 0 saturated carbocycles. The zero-order valence-corrected chi connectivity index (χ0v) is 20.7. The van der Waals surface area contributed by atoms with Gasteiger partial charge < -0.3 is 15.1 Å². The molecule has 1 atom stereocenters. The molecule has 7 nitrogen and oxygen atoms in total. The van der Waals surface area contributed by atoms with Crippen molar-refractivity contribution in [2.24, 2.45) is 5.92 Å². The second-order valence-corrected chi connectivity index (χ2v) is 11.0. The van der Waals surface area contributed by atoms with Crippen LogP contribution in [0.1, 0.15) is 25.3 Å². The van der Waals surface area contributed by atoms with Crippen LogP contribution in [-0.2, 0) is 14.8 Å². The van der Waals surface area contributed by atoms with Crippen LogP contribution in [0.3, 0.4) is 0 Å². The van der Waals surface area contributed by atoms with Gasteiger partial charge in [-0.25, -0.2) is 12.8 Å². The van der Waals surface area contributed by atoms with E-state index in [4.69, 9.17) is 0 Å². The van der Waals surface area contributed by atoms with Crippen molar-refractivity contribution in [1.82, 2.24) is 9.21 Å². The number of likely N-dealkylation sites (N-methyl/N-ethyl adjacent to an activating group) is 1. The Morgan fingerprint density at radius 3 is 2.41 bits per heavy atom. The maximum atomic E-state index is 13.2. The zero-order chi connectivity index (χ0) is 24.3. The first kappa shape index (κ1) is 24.6. The van der Waals surface area contributed by atoms with E-state index < -0.39 is 21.8 Å². The number of sulfonamides is 1. The quantitative estimate of drug-likeness (QED) is 0.676. The van der Waals surface area contributed by atoms with Gasteiger partial charge in [-0.15, -0.1) is 0 Å². The normalized spacial score (nSPS) is 20.3. The van der Waals surface area contributed by atoms with E-state index in [0.29, 0.717) is 19.4 Å². The van der Waals surface area contributed by atoms with Gasteiger partial charge in [-0.1, -0.05) is 6.92 Å². The lowest BCUT2D eigenvalue weighted by Gasteiger charge is -2.36. The number of nitrogens with one attached hydrogen (secondary N) is 1. The highest BCUT2D eigenvalue weighted by Gasteiger charge is 2.33. The predicted octanol–water partition coefficient (Wildman–Crippen LogP) is 3.32. The smallest absolute Gasteiger partial charge is 0.243 e. The molecule has 2 saturated heterocycles. The third-order valence-electron chi connectivity index (χ3n) is 6.83. The largest absolute Gasteiger partial charge is 0.369 e. The summed E-state index contributed by atoms with van der Waals surface area (Å²) < 4.78 is 40.5. The van der Waals surface area contributed by atoms with Crippen LogP contribution in [-0.4, -0.2) is 69.3 Å². The number of piperidine rings is 1. The standard InChI is InChI=1S/C25H33FN4O3S/c1-3-28-13-15-29(16-14-28)24-11-8-22(17-19(24)2)27-25(31)20-5-4-12-30(18-20)34(32,33)23-9-6-21(26)7-10-23/h6-11,17,20H,3-5,12-16,18H2,1-2H3,(H,27,31)/t20-/m1/s1. The number of benzene rings is 2. The lowest BCUT2D eigenvalue weighted by Crippen LogP contribution is -2.46. The van der Waals surface area contributed by atoms with E-state index in [-0.39, 0.29) is 17.3 Å². The molecule has 0 spiro atoms. The van der Waals surface area contributed by atoms with E-state index in [1.807, 2.05) is 12.1 Å². The maximum Gasteiger partial charge on any atom is 0.243 e. The van der Waals surface area contributed by atoms with Gasteiger partial charge >= 0.3 is 0 Å². The minimum Gasteiger partial charge on any atom is -0.369 e. The lowest BCUT2D eigenvalue weighted by atomic mass is 9.98. The number of rotatable bonds is 6. The number of nitrogens with zero attached hydrogens (tertiary/aromatic N) is 3. The molecule has 34 heavy (non-hydrogen) atoms. The second-order valence-electron chi connectivity index (χ2n) is 9.07. The summed E-state index contributed by atoms with van der Waals surface area (Å²) in [6.45, 7) is 9.84. The Labute approximate surface area is 201 Å². The van der Waals surface area contributed by atoms with Crippen molar-refractivity contribution < 1.29 is 17.6 Å². The summed E-state index contributed by atoms with van der Waals surface area (Å²) >= 11 is 0. The van der Waals surface area contributed by atoms with Gasteiger partial charge in [0, 0.05) is 50.6 Å². The number of halogens is 1. The highest BCUT2D eigenvalue weighted by molar-refractivity contribution is 7.89. The third kappa shape index (κ3) is 5.42. The average molecular weight is 489 g/mol. The first-order valence-electron chi connectivity index (χ1n) is 11.9. The Kier molecular flexibility index (Phi) is 7.54. The van der Waals surface area contributed by atoms with Crippen molar-refractivity contribution >= 4 is 27.3 Å². The second kappa shape index (κ2) is 10.4. The molecule has 0 bridgehead atoms. The van der Waals surface area contributed by atoms with Crippen LogP contribution < -0.4 is 10.2 Å². The SMILES string of the molecule is CCN1CCN(c2ccc(NC(=O)[C@@H]3CCCN(S(=O)(=O)c4ccc(F)cc4)C3)cc2C)CC1. The van der Waals surface area contributed by atoms with Gasteiger partial charge in [0.05, 0.1) is 10.8 Å². The van der Waals surface area contributed by atoms with Gasteiger partial charge in [0.25, 0.3) is 0 Å². The van der Waals surface area contributed by atoms with Crippen LogP contribution in [0.25, 0.3) is 0 Å². The number of anilines is 2. The van der Waals surface area contributed by atoms with Gasteiger partial charge in [-0.05, 0) is 74.3 Å². The van der Waals surface area contributed by atoms with E-state index in [2.05, 4.69) is 35.0 Å². The fraction of sp³-hybridized carbons (Fsp3) is 0.480. The van der Waals surface area contributed by atoms with E-state index in [0.717, 1.165) is 56.1 Å². The van der Waals surface area contributed by atoms with Crippen molar-refractivity contribution in [3.05, 3.63) is 53.8 Å². The fourth-order valence-corrected chi connectivity index (χ4v) is 6.29. The summed E-state index contributed by atoms with van der Waals surface area (Å²) in [5.41, 5.74) is 3.01. The monoisotopic (exact) mass is 488 g/mol. The molecule has 9 heteroatoms. The highest BCUT2D eigenvalue weighted by atomic mass is 32.2. The molecule has 2 aliphatic heterocycles. The average Bonchev–Trinajstić information content (AvgIpc) is 2.84. The Morgan fingerprint density at radius 1 is 1.06 bits per heavy atom. The topological polar surface area (TPSA) is 73.0 Å². The molecule has 0 aromatic heterocycles. The zero-order valence-electron chi connectivity index (χ0n) is 19.8. The molecule has 184 valence electrons. The number of hydrogen-bond donors (Lipinski definition) is 1. The molecule has 4 rings (SSSR count). The summed E-state index contributed by atoms with van der Waals surface area (Å²) in [5, 5.41) is 2.98. The van der Waals surface area contributed by atoms with Crippen molar-refractivity contribution in [3.63, 3.8) is 0 Å². The molecular formula is C25H33FN4O3S. The first-order chi connectivity index (χ1) is 16.3. The Hall–Kier alpha value is -2.49. The van der Waals surface area contributed by atoms with Crippen LogP contribution in [0.15, 0.2) is 47.4 Å². The van der Waals surface area contributed by atoms with Crippen LogP contribution in [0, 0.1) is 18.7 Å². The molecule has 2 aromatic carbocycles. The molecule has 0 radical (unpaired) electrons. The molecule has 1 N–H and O–H groups in total. The summed E-state index contributed by atoms with van der Waals surface area (Å²) in [4.78, 5) is 17.8. The lowest BCUT2D eigenvalue weighted by molar-refractivity contribution is -0.120. The molecule has 0 aliphatic carbocycles. The van der Waals surface area contributed by atoms with Crippen molar-refractivity contribution in [2.45, 2.75) is 31.6 Å². The number of carbonyl (C=O) groups excluding carboxylic acids is 1. The van der Waals surface area contributed by atoms with Gasteiger partial charge in [0.2, 0.25) is 15.9 Å². The van der Waals surface area contributed by atoms with Crippen LogP contribution in [0.2, 0.25) is 0 Å². The molecule has 2 fully saturated rings. The van der Waals surface area contributed by atoms with E-state index in [1.165, 1.54) is 22.1 Å². The molecule has 1 amide bonds. The predicted molar refractivity (Wildman–Crippen MR) is 132 cm³/mol. The van der Waals surface area contributed by atoms with Gasteiger partial charge in [-0.3, -0.25) is 4.79 Å². The van der Waals surface area contributed by atoms with Gasteiger partial charge in [-0.2, -0.15) is 4.31 Å². The highest BCUT2D eigenvalue weighted by Crippen LogP contribution is 2.27.